The number of carbonyl (C=O) groups is 6. The van der Waals surface area contributed by atoms with Gasteiger partial charge in [0.25, 0.3) is 0 Å². The van der Waals surface area contributed by atoms with Crippen LogP contribution in [0.2, 0.25) is 0 Å². The molecule has 33 heavy (non-hydrogen) atoms. The Morgan fingerprint density at radius 2 is 1.70 bits per heavy atom. The van der Waals surface area contributed by atoms with Gasteiger partial charge in [0, 0.05) is 13.0 Å². The van der Waals surface area contributed by atoms with Crippen LogP contribution in [-0.4, -0.2) is 93.4 Å². The van der Waals surface area contributed by atoms with Gasteiger partial charge >= 0.3 is 11.9 Å². The van der Waals surface area contributed by atoms with Crippen LogP contribution in [0.4, 0.5) is 0 Å². The number of nitrogens with one attached hydrogen (secondary N) is 2. The number of carbonyl (C=O) groups excluding carboxylic acids is 4. The highest BCUT2D eigenvalue weighted by molar-refractivity contribution is 7.98. The van der Waals surface area contributed by atoms with Crippen LogP contribution in [0.25, 0.3) is 0 Å². The van der Waals surface area contributed by atoms with Gasteiger partial charge in [-0.3, -0.25) is 24.0 Å². The molecule has 1 fully saturated rings. The van der Waals surface area contributed by atoms with Gasteiger partial charge in [-0.1, -0.05) is 0 Å². The highest BCUT2D eigenvalue weighted by atomic mass is 32.2. The van der Waals surface area contributed by atoms with Gasteiger partial charge in [0.1, 0.15) is 18.1 Å². The summed E-state index contributed by atoms with van der Waals surface area (Å²) in [5.41, 5.74) is 10.9. The first-order chi connectivity index (χ1) is 15.5. The fourth-order valence-corrected chi connectivity index (χ4v) is 3.83. The minimum atomic E-state index is -1.40. The molecule has 1 aliphatic rings. The predicted molar refractivity (Wildman–Crippen MR) is 118 cm³/mol. The summed E-state index contributed by atoms with van der Waals surface area (Å²) in [5, 5.41) is 22.9. The van der Waals surface area contributed by atoms with Crippen LogP contribution >= 0.6 is 11.8 Å². The Hall–Kier alpha value is -2.87. The molecule has 8 N–H and O–H groups in total. The molecule has 1 rings (SSSR count). The summed E-state index contributed by atoms with van der Waals surface area (Å²) in [6, 6.07) is -4.74. The van der Waals surface area contributed by atoms with E-state index >= 15 is 0 Å². The summed E-state index contributed by atoms with van der Waals surface area (Å²) in [4.78, 5) is 72.8. The number of nitrogens with two attached hydrogens (primary N) is 2. The highest BCUT2D eigenvalue weighted by Crippen LogP contribution is 2.19. The zero-order chi connectivity index (χ0) is 25.1. The minimum Gasteiger partial charge on any atom is -0.481 e. The molecule has 186 valence electrons. The summed E-state index contributed by atoms with van der Waals surface area (Å²) < 4.78 is 0. The van der Waals surface area contributed by atoms with Crippen molar-refractivity contribution in [3.05, 3.63) is 0 Å². The number of primary amides is 1. The van der Waals surface area contributed by atoms with Gasteiger partial charge in [-0.25, -0.2) is 4.79 Å². The summed E-state index contributed by atoms with van der Waals surface area (Å²) in [7, 11) is 0. The van der Waals surface area contributed by atoms with Crippen molar-refractivity contribution >= 4 is 47.3 Å². The van der Waals surface area contributed by atoms with E-state index in [-0.39, 0.29) is 32.2 Å². The Balaban J connectivity index is 2.95. The molecular weight excluding hydrogens is 458 g/mol. The largest absolute Gasteiger partial charge is 0.481 e. The summed E-state index contributed by atoms with van der Waals surface area (Å²) in [5.74, 6) is -4.98. The van der Waals surface area contributed by atoms with E-state index in [9.17, 15) is 33.9 Å². The van der Waals surface area contributed by atoms with Crippen molar-refractivity contribution < 1.29 is 39.0 Å². The van der Waals surface area contributed by atoms with Gasteiger partial charge in [-0.05, 0) is 37.7 Å². The van der Waals surface area contributed by atoms with Gasteiger partial charge < -0.3 is 37.2 Å². The van der Waals surface area contributed by atoms with E-state index in [4.69, 9.17) is 16.6 Å². The Kier molecular flexibility index (Phi) is 11.6. The Morgan fingerprint density at radius 1 is 1.06 bits per heavy atom. The second-order valence-corrected chi connectivity index (χ2v) is 8.63. The topological polar surface area (TPSA) is 222 Å². The lowest BCUT2D eigenvalue weighted by molar-refractivity contribution is -0.149. The lowest BCUT2D eigenvalue weighted by atomic mass is 10.1. The number of aliphatic carboxylic acids is 2. The van der Waals surface area contributed by atoms with Crippen LogP contribution in [0.5, 0.6) is 0 Å². The third-order valence-electron chi connectivity index (χ3n) is 5.09. The smallest absolute Gasteiger partial charge is 0.326 e. The molecule has 0 aromatic heterocycles. The SMILES string of the molecule is CSCCC(NC(=O)C(N)CCC(=O)O)C(=O)NC(CC(N)=O)C(=O)N1CCCC1C(=O)O. The Bertz CT molecular complexity index is 764. The number of hydrogen-bond donors (Lipinski definition) is 6. The predicted octanol–water partition coefficient (Wildman–Crippen LogP) is -2.15. The second-order valence-electron chi connectivity index (χ2n) is 7.64. The molecule has 0 saturated carbocycles. The van der Waals surface area contributed by atoms with Crippen LogP contribution in [0.1, 0.15) is 38.5 Å². The lowest BCUT2D eigenvalue weighted by Crippen LogP contribution is -2.57. The fourth-order valence-electron chi connectivity index (χ4n) is 3.35. The first-order valence-electron chi connectivity index (χ1n) is 10.4. The average Bonchev–Trinajstić information content (AvgIpc) is 3.23. The molecule has 1 saturated heterocycles. The maximum Gasteiger partial charge on any atom is 0.326 e. The van der Waals surface area contributed by atoms with Crippen molar-refractivity contribution in [3.63, 3.8) is 0 Å². The van der Waals surface area contributed by atoms with Gasteiger partial charge in [0.05, 0.1) is 12.5 Å². The highest BCUT2D eigenvalue weighted by Gasteiger charge is 2.38. The normalized spacial score (nSPS) is 18.1. The molecule has 1 aliphatic heterocycles. The Labute approximate surface area is 195 Å². The molecule has 14 heteroatoms. The monoisotopic (exact) mass is 489 g/mol. The molecule has 0 spiro atoms. The van der Waals surface area contributed by atoms with Crippen LogP contribution in [0.15, 0.2) is 0 Å². The summed E-state index contributed by atoms with van der Waals surface area (Å²) in [6.07, 6.45) is 1.66. The van der Waals surface area contributed by atoms with E-state index in [1.165, 1.54) is 11.8 Å². The minimum absolute atomic E-state index is 0.133. The Morgan fingerprint density at radius 3 is 2.24 bits per heavy atom. The van der Waals surface area contributed by atoms with Crippen molar-refractivity contribution in [1.29, 1.82) is 0 Å². The van der Waals surface area contributed by atoms with Crippen LogP contribution in [-0.2, 0) is 28.8 Å². The number of carboxylic acid groups (broad SMARTS) is 2. The first-order valence-corrected chi connectivity index (χ1v) is 11.8. The second kappa shape index (κ2) is 13.6. The lowest BCUT2D eigenvalue weighted by Gasteiger charge is -2.28. The van der Waals surface area contributed by atoms with E-state index in [0.29, 0.717) is 12.2 Å². The van der Waals surface area contributed by atoms with Crippen molar-refractivity contribution in [3.8, 4) is 0 Å². The van der Waals surface area contributed by atoms with Crippen LogP contribution in [0, 0.1) is 0 Å². The average molecular weight is 490 g/mol. The van der Waals surface area contributed by atoms with Crippen molar-refractivity contribution in [1.82, 2.24) is 15.5 Å². The molecule has 4 atom stereocenters. The number of amides is 4. The van der Waals surface area contributed by atoms with Gasteiger partial charge in [-0.2, -0.15) is 11.8 Å². The first kappa shape index (κ1) is 28.2. The van der Waals surface area contributed by atoms with Gasteiger partial charge in [-0.15, -0.1) is 0 Å². The van der Waals surface area contributed by atoms with Gasteiger partial charge in [0.2, 0.25) is 23.6 Å². The third kappa shape index (κ3) is 9.26. The number of carboxylic acids is 2. The molecule has 0 radical (unpaired) electrons. The quantitative estimate of drug-likeness (QED) is 0.155. The molecule has 4 amide bonds. The molecule has 0 aromatic rings. The van der Waals surface area contributed by atoms with Crippen LogP contribution < -0.4 is 22.1 Å². The van der Waals surface area contributed by atoms with E-state index in [1.54, 1.807) is 6.26 Å². The molecule has 4 unspecified atom stereocenters. The van der Waals surface area contributed by atoms with Crippen molar-refractivity contribution in [2.75, 3.05) is 18.6 Å². The number of thioether (sulfide) groups is 1. The molecule has 0 bridgehead atoms. The zero-order valence-electron chi connectivity index (χ0n) is 18.3. The maximum atomic E-state index is 12.9. The zero-order valence-corrected chi connectivity index (χ0v) is 19.1. The van der Waals surface area contributed by atoms with E-state index in [0.717, 1.165) is 4.90 Å². The maximum absolute atomic E-state index is 12.9. The number of rotatable bonds is 14. The molecular formula is C19H31N5O8S. The molecule has 0 aliphatic carbocycles. The standard InChI is InChI=1S/C19H31N5O8S/c1-33-8-6-11(22-16(28)10(20)4-5-15(26)27)17(29)23-12(9-14(21)25)18(30)24-7-2-3-13(24)19(31)32/h10-13H,2-9,20H2,1H3,(H2,21,25)(H,22,28)(H,23,29)(H,26,27)(H,31,32). The van der Waals surface area contributed by atoms with E-state index < -0.39 is 66.2 Å². The molecule has 0 aromatic carbocycles. The van der Waals surface area contributed by atoms with E-state index in [2.05, 4.69) is 10.6 Å². The van der Waals surface area contributed by atoms with Crippen molar-refractivity contribution in [2.24, 2.45) is 11.5 Å². The number of hydrogen-bond acceptors (Lipinski definition) is 8. The third-order valence-corrected chi connectivity index (χ3v) is 5.73. The van der Waals surface area contributed by atoms with E-state index in [1.807, 2.05) is 0 Å². The summed E-state index contributed by atoms with van der Waals surface area (Å²) >= 11 is 1.40. The van der Waals surface area contributed by atoms with Crippen molar-refractivity contribution in [2.45, 2.75) is 62.7 Å². The number of nitrogens with zero attached hydrogens (tertiary/aromatic N) is 1. The number of likely N-dealkylation sites (tertiary alicyclic amines) is 1. The van der Waals surface area contributed by atoms with Gasteiger partial charge in [0.15, 0.2) is 0 Å². The van der Waals surface area contributed by atoms with Crippen LogP contribution in [0.3, 0.4) is 0 Å². The summed E-state index contributed by atoms with van der Waals surface area (Å²) in [6.45, 7) is 0.159. The fraction of sp³-hybridized carbons (Fsp3) is 0.684. The molecule has 13 nitrogen and oxygen atoms in total. The molecule has 1 heterocycles.